The topological polar surface area (TPSA) is 84.6 Å². The highest BCUT2D eigenvalue weighted by Crippen LogP contribution is 2.41. The molecule has 0 spiro atoms. The zero-order chi connectivity index (χ0) is 22.9. The fourth-order valence-electron chi connectivity index (χ4n) is 4.46. The second-order valence-electron chi connectivity index (χ2n) is 8.12. The van der Waals surface area contributed by atoms with Crippen molar-refractivity contribution in [2.75, 3.05) is 32.1 Å². The Kier molecular flexibility index (Phi) is 6.18. The number of fused-ring (bicyclic) bond motifs is 4. The summed E-state index contributed by atoms with van der Waals surface area (Å²) in [7, 11) is 1.66. The van der Waals surface area contributed by atoms with E-state index in [2.05, 4.69) is 20.4 Å². The van der Waals surface area contributed by atoms with Crippen molar-refractivity contribution in [3.63, 3.8) is 0 Å². The smallest absolute Gasteiger partial charge is 0.226 e. The number of likely N-dealkylation sites (N-methyl/N-ethyl adjacent to an activating group) is 1. The standard InChI is InChI=1S/C23H25ClN6O2S/c1-3-29(8-9-32-2)23(31)14-4-5-16-19(10-14)33-22-20(16)21(25-13-26-22)28-18-11-15-6-7-27-30(15)12-17(18)24/h6-7,11-14H,3-5,8-10H2,1-2H3,(H,25,26,28)/t14-/m0/s1. The number of amides is 1. The summed E-state index contributed by atoms with van der Waals surface area (Å²) in [6.45, 7) is 3.89. The van der Waals surface area contributed by atoms with Gasteiger partial charge in [-0.1, -0.05) is 11.6 Å². The van der Waals surface area contributed by atoms with Crippen LogP contribution in [0, 0.1) is 5.92 Å². The SMILES string of the molecule is CCN(CCOC)C(=O)[C@H]1CCc2c(sc3ncnc(Nc4cc5ccnn5cc4Cl)c23)C1. The number of hydrogen-bond acceptors (Lipinski definition) is 7. The van der Waals surface area contributed by atoms with E-state index in [1.807, 2.05) is 24.0 Å². The number of aryl methyl sites for hydroxylation is 1. The second-order valence-corrected chi connectivity index (χ2v) is 9.61. The predicted octanol–water partition coefficient (Wildman–Crippen LogP) is 4.34. The third-order valence-electron chi connectivity index (χ3n) is 6.19. The van der Waals surface area contributed by atoms with Gasteiger partial charge in [-0.2, -0.15) is 5.10 Å². The monoisotopic (exact) mass is 484 g/mol. The number of anilines is 2. The molecule has 1 amide bonds. The summed E-state index contributed by atoms with van der Waals surface area (Å²) in [4.78, 5) is 26.2. The number of methoxy groups -OCH3 is 1. The molecule has 10 heteroatoms. The molecule has 4 aromatic heterocycles. The van der Waals surface area contributed by atoms with Crippen molar-refractivity contribution in [2.24, 2.45) is 5.92 Å². The van der Waals surface area contributed by atoms with Gasteiger partial charge in [-0.05, 0) is 43.9 Å². The van der Waals surface area contributed by atoms with E-state index in [4.69, 9.17) is 16.3 Å². The van der Waals surface area contributed by atoms with Gasteiger partial charge in [0.15, 0.2) is 0 Å². The number of pyridine rings is 1. The van der Waals surface area contributed by atoms with Gasteiger partial charge in [-0.25, -0.2) is 14.5 Å². The number of thiophene rings is 1. The van der Waals surface area contributed by atoms with E-state index in [1.54, 1.807) is 41.7 Å². The Labute approximate surface area is 200 Å². The number of nitrogens with one attached hydrogen (secondary N) is 1. The van der Waals surface area contributed by atoms with E-state index in [0.29, 0.717) is 24.7 Å². The predicted molar refractivity (Wildman–Crippen MR) is 131 cm³/mol. The molecule has 33 heavy (non-hydrogen) atoms. The van der Waals surface area contributed by atoms with Crippen molar-refractivity contribution in [3.8, 4) is 0 Å². The van der Waals surface area contributed by atoms with E-state index >= 15 is 0 Å². The lowest BCUT2D eigenvalue weighted by molar-refractivity contribution is -0.136. The average molecular weight is 485 g/mol. The van der Waals surface area contributed by atoms with E-state index in [1.165, 1.54) is 10.4 Å². The minimum Gasteiger partial charge on any atom is -0.383 e. The number of carbonyl (C=O) groups excluding carboxylic acids is 1. The molecule has 1 atom stereocenters. The third-order valence-corrected chi connectivity index (χ3v) is 7.66. The number of aromatic nitrogens is 4. The lowest BCUT2D eigenvalue weighted by Crippen LogP contribution is -2.39. The maximum atomic E-state index is 13.1. The van der Waals surface area contributed by atoms with Gasteiger partial charge in [0.1, 0.15) is 17.0 Å². The average Bonchev–Trinajstić information content (AvgIpc) is 3.43. The summed E-state index contributed by atoms with van der Waals surface area (Å²) < 4.78 is 6.90. The molecule has 5 rings (SSSR count). The van der Waals surface area contributed by atoms with Crippen LogP contribution in [0.1, 0.15) is 23.8 Å². The fraction of sp³-hybridized carbons (Fsp3) is 0.391. The quantitative estimate of drug-likeness (QED) is 0.420. The van der Waals surface area contributed by atoms with Crippen molar-refractivity contribution in [3.05, 3.63) is 46.3 Å². The van der Waals surface area contributed by atoms with Crippen LogP contribution in [0.5, 0.6) is 0 Å². The van der Waals surface area contributed by atoms with Crippen LogP contribution in [0.25, 0.3) is 15.7 Å². The lowest BCUT2D eigenvalue weighted by Gasteiger charge is -2.28. The van der Waals surface area contributed by atoms with Gasteiger partial charge in [0.25, 0.3) is 0 Å². The fourth-order valence-corrected chi connectivity index (χ4v) is 5.92. The normalized spacial score (nSPS) is 15.7. The van der Waals surface area contributed by atoms with Gasteiger partial charge in [-0.3, -0.25) is 4.79 Å². The molecule has 1 aliphatic carbocycles. The van der Waals surface area contributed by atoms with Crippen molar-refractivity contribution < 1.29 is 9.53 Å². The van der Waals surface area contributed by atoms with Crippen LogP contribution in [0.3, 0.4) is 0 Å². The third kappa shape index (κ3) is 4.16. The minimum atomic E-state index is -0.00884. The molecule has 1 N–H and O–H groups in total. The van der Waals surface area contributed by atoms with Crippen LogP contribution in [0.2, 0.25) is 5.02 Å². The molecule has 8 nitrogen and oxygen atoms in total. The van der Waals surface area contributed by atoms with Gasteiger partial charge in [0, 0.05) is 43.4 Å². The van der Waals surface area contributed by atoms with Gasteiger partial charge in [-0.15, -0.1) is 11.3 Å². The Hall–Kier alpha value is -2.75. The molecule has 0 bridgehead atoms. The summed E-state index contributed by atoms with van der Waals surface area (Å²) in [5.41, 5.74) is 2.95. The summed E-state index contributed by atoms with van der Waals surface area (Å²) in [6.07, 6.45) is 7.47. The largest absolute Gasteiger partial charge is 0.383 e. The Bertz CT molecular complexity index is 1320. The number of rotatable bonds is 7. The number of carbonyl (C=O) groups is 1. The Morgan fingerprint density at radius 3 is 3.12 bits per heavy atom. The van der Waals surface area contributed by atoms with Crippen LogP contribution < -0.4 is 5.32 Å². The second kappa shape index (κ2) is 9.24. The Morgan fingerprint density at radius 1 is 1.42 bits per heavy atom. The Balaban J connectivity index is 1.44. The van der Waals surface area contributed by atoms with Crippen molar-refractivity contribution in [1.29, 1.82) is 0 Å². The summed E-state index contributed by atoms with van der Waals surface area (Å²) in [5, 5.41) is 9.22. The van der Waals surface area contributed by atoms with E-state index < -0.39 is 0 Å². The first kappa shape index (κ1) is 22.1. The zero-order valence-corrected chi connectivity index (χ0v) is 20.1. The number of nitrogens with zero attached hydrogens (tertiary/aromatic N) is 5. The van der Waals surface area contributed by atoms with Gasteiger partial charge in [0.05, 0.1) is 28.2 Å². The van der Waals surface area contributed by atoms with Crippen molar-refractivity contribution in [2.45, 2.75) is 26.2 Å². The Morgan fingerprint density at radius 2 is 2.30 bits per heavy atom. The van der Waals surface area contributed by atoms with Crippen LogP contribution >= 0.6 is 22.9 Å². The molecule has 0 unspecified atom stereocenters. The molecular formula is C23H25ClN6O2S. The van der Waals surface area contributed by atoms with Gasteiger partial charge in [0.2, 0.25) is 5.91 Å². The van der Waals surface area contributed by atoms with Crippen LogP contribution in [0.4, 0.5) is 11.5 Å². The van der Waals surface area contributed by atoms with E-state index in [0.717, 1.165) is 46.5 Å². The summed E-state index contributed by atoms with van der Waals surface area (Å²) >= 11 is 8.15. The molecule has 0 fully saturated rings. The van der Waals surface area contributed by atoms with Crippen LogP contribution in [-0.2, 0) is 22.4 Å². The first-order valence-corrected chi connectivity index (χ1v) is 12.2. The van der Waals surface area contributed by atoms with E-state index in [-0.39, 0.29) is 11.8 Å². The first-order valence-electron chi connectivity index (χ1n) is 11.0. The molecule has 4 aromatic rings. The van der Waals surface area contributed by atoms with Crippen molar-refractivity contribution in [1.82, 2.24) is 24.5 Å². The molecule has 172 valence electrons. The molecule has 0 saturated heterocycles. The minimum absolute atomic E-state index is 0.00884. The number of hydrogen-bond donors (Lipinski definition) is 1. The first-order chi connectivity index (χ1) is 16.1. The lowest BCUT2D eigenvalue weighted by atomic mass is 9.87. The van der Waals surface area contributed by atoms with Crippen molar-refractivity contribution >= 4 is 56.1 Å². The van der Waals surface area contributed by atoms with Crippen LogP contribution in [-0.4, -0.2) is 57.2 Å². The molecule has 4 heterocycles. The summed E-state index contributed by atoms with van der Waals surface area (Å²) in [5.74, 6) is 0.941. The molecule has 0 aromatic carbocycles. The molecule has 0 aliphatic heterocycles. The van der Waals surface area contributed by atoms with E-state index in [9.17, 15) is 4.79 Å². The van der Waals surface area contributed by atoms with Gasteiger partial charge >= 0.3 is 0 Å². The highest BCUT2D eigenvalue weighted by atomic mass is 35.5. The number of halogens is 1. The molecule has 0 radical (unpaired) electrons. The zero-order valence-electron chi connectivity index (χ0n) is 18.5. The van der Waals surface area contributed by atoms with Crippen LogP contribution in [0.15, 0.2) is 30.9 Å². The van der Waals surface area contributed by atoms with Gasteiger partial charge < -0.3 is 15.0 Å². The summed E-state index contributed by atoms with van der Waals surface area (Å²) in [6, 6.07) is 3.88. The molecule has 1 aliphatic rings. The number of ether oxygens (including phenoxy) is 1. The highest BCUT2D eigenvalue weighted by molar-refractivity contribution is 7.19. The molecular weight excluding hydrogens is 460 g/mol. The maximum Gasteiger partial charge on any atom is 0.226 e. The maximum absolute atomic E-state index is 13.1. The molecule has 0 saturated carbocycles. The highest BCUT2D eigenvalue weighted by Gasteiger charge is 2.31.